The van der Waals surface area contributed by atoms with Crippen molar-refractivity contribution in [2.45, 2.75) is 33.3 Å². The average Bonchev–Trinajstić information content (AvgIpc) is 2.23. The van der Waals surface area contributed by atoms with Gasteiger partial charge in [-0.25, -0.2) is 0 Å². The maximum absolute atomic E-state index is 11.7. The summed E-state index contributed by atoms with van der Waals surface area (Å²) in [5.74, 6) is 0. The van der Waals surface area contributed by atoms with Gasteiger partial charge in [0.25, 0.3) is 11.4 Å². The summed E-state index contributed by atoms with van der Waals surface area (Å²) in [6, 6.07) is 0. The molecule has 0 bridgehead atoms. The van der Waals surface area contributed by atoms with Crippen molar-refractivity contribution in [2.75, 3.05) is 13.0 Å². The van der Waals surface area contributed by atoms with Gasteiger partial charge in [0.05, 0.1) is 6.10 Å². The van der Waals surface area contributed by atoms with Gasteiger partial charge in [0.15, 0.2) is 0 Å². The topological polar surface area (TPSA) is 72.8 Å². The zero-order chi connectivity index (χ0) is 12.8. The van der Waals surface area contributed by atoms with Crippen molar-refractivity contribution < 1.29 is 23.3 Å². The molecule has 1 N–H and O–H groups in total. The van der Waals surface area contributed by atoms with E-state index in [4.69, 9.17) is 9.26 Å². The maximum Gasteiger partial charge on any atom is 0.413 e. The summed E-state index contributed by atoms with van der Waals surface area (Å²) in [5, 5.41) is -0.267. The van der Waals surface area contributed by atoms with Crippen LogP contribution in [0.5, 0.6) is 0 Å². The van der Waals surface area contributed by atoms with Crippen molar-refractivity contribution in [1.29, 1.82) is 0 Å². The predicted molar refractivity (Wildman–Crippen MR) is 63.9 cm³/mol. The molecule has 3 atom stereocenters. The first-order valence-corrected chi connectivity index (χ1v) is 8.10. The summed E-state index contributed by atoms with van der Waals surface area (Å²) in [4.78, 5) is 9.55. The predicted octanol–water partition coefficient (Wildman–Crippen LogP) is 3.28. The molecule has 0 aromatic heterocycles. The van der Waals surface area contributed by atoms with Crippen LogP contribution >= 0.6 is 15.4 Å². The molecule has 0 aliphatic carbocycles. The Hall–Kier alpha value is -0.0500. The molecule has 0 heterocycles. The van der Waals surface area contributed by atoms with E-state index in [1.807, 2.05) is 6.92 Å². The second kappa shape index (κ2) is 7.31. The molecule has 16 heavy (non-hydrogen) atoms. The Morgan fingerprint density at radius 1 is 1.56 bits per heavy atom. The second-order valence-corrected chi connectivity index (χ2v) is 6.96. The normalized spacial score (nSPS) is 17.6. The summed E-state index contributed by atoms with van der Waals surface area (Å²) in [5.41, 5.74) is 0. The Bertz CT molecular complexity index is 302. The van der Waals surface area contributed by atoms with Crippen LogP contribution in [0.25, 0.3) is 0 Å². The molecule has 0 spiro atoms. The molecule has 3 unspecified atom stereocenters. The molecule has 0 radical (unpaired) electrons. The van der Waals surface area contributed by atoms with Crippen LogP contribution in [0.2, 0.25) is 0 Å². The molecule has 5 nitrogen and oxygen atoms in total. The van der Waals surface area contributed by atoms with Gasteiger partial charge < -0.3 is 9.63 Å². The molecule has 0 saturated carbocycles. The van der Waals surface area contributed by atoms with Gasteiger partial charge in [-0.15, -0.1) is 0 Å². The average molecular weight is 269 g/mol. The van der Waals surface area contributed by atoms with Gasteiger partial charge in [0.1, 0.15) is 0 Å². The van der Waals surface area contributed by atoms with Crippen LogP contribution in [0.3, 0.4) is 0 Å². The van der Waals surface area contributed by atoms with Gasteiger partial charge in [-0.1, -0.05) is 11.5 Å². The number of hydrogen-bond acceptors (Lipinski definition) is 4. The summed E-state index contributed by atoms with van der Waals surface area (Å²) in [6.45, 7) is 9.01. The van der Waals surface area contributed by atoms with Gasteiger partial charge in [-0.2, -0.15) is 0 Å². The fourth-order valence-corrected chi connectivity index (χ4v) is 3.47. The van der Waals surface area contributed by atoms with Crippen LogP contribution in [-0.2, 0) is 18.4 Å². The van der Waals surface area contributed by atoms with Crippen molar-refractivity contribution >= 4 is 15.4 Å². The molecular weight excluding hydrogens is 250 g/mol. The summed E-state index contributed by atoms with van der Waals surface area (Å²) in [6.07, 6.45) is 0.127. The van der Waals surface area contributed by atoms with Gasteiger partial charge in [0, 0.05) is 6.61 Å². The van der Waals surface area contributed by atoms with Crippen molar-refractivity contribution in [3.8, 4) is 0 Å². The quantitative estimate of drug-likeness (QED) is 0.684. The Balaban J connectivity index is 4.45. The van der Waals surface area contributed by atoms with Crippen LogP contribution < -0.4 is 0 Å². The first-order valence-electron chi connectivity index (χ1n) is 5.08. The third-order valence-corrected chi connectivity index (χ3v) is 5.64. The van der Waals surface area contributed by atoms with E-state index in [2.05, 4.69) is 6.58 Å². The summed E-state index contributed by atoms with van der Waals surface area (Å²) in [7, 11) is -6.09. The molecule has 0 aromatic rings. The lowest BCUT2D eigenvalue weighted by molar-refractivity contribution is 0.188. The van der Waals surface area contributed by atoms with E-state index in [0.29, 0.717) is 13.0 Å². The van der Waals surface area contributed by atoms with Crippen LogP contribution in [-0.4, -0.2) is 24.0 Å². The number of hydrogen-bond donors (Lipinski definition) is 1. The second-order valence-electron chi connectivity index (χ2n) is 3.26. The molecular formula is C9H19O5P2+. The standard InChI is InChI=1S/C9H18O5P2/c1-5-8(3)14-16(11,12)9(4)15(10)7-13-6-2/h8H,4-7H2,1-3H3/p+1. The van der Waals surface area contributed by atoms with E-state index >= 15 is 0 Å². The van der Waals surface area contributed by atoms with Crippen molar-refractivity contribution in [3.63, 3.8) is 0 Å². The minimum absolute atomic E-state index is 0.0981. The van der Waals surface area contributed by atoms with Gasteiger partial charge in [-0.05, 0) is 26.8 Å². The molecule has 94 valence electrons. The molecule has 0 amide bonds. The van der Waals surface area contributed by atoms with Crippen molar-refractivity contribution in [3.05, 3.63) is 11.6 Å². The van der Waals surface area contributed by atoms with E-state index in [9.17, 15) is 14.0 Å². The molecule has 0 aliphatic heterocycles. The molecule has 0 saturated heterocycles. The van der Waals surface area contributed by atoms with E-state index in [1.165, 1.54) is 0 Å². The Morgan fingerprint density at radius 3 is 2.56 bits per heavy atom. The monoisotopic (exact) mass is 269 g/mol. The molecule has 0 aromatic carbocycles. The maximum atomic E-state index is 11.7. The highest BCUT2D eigenvalue weighted by atomic mass is 31.2. The SMILES string of the molecule is C=C([P+](=O)COCC)P(=O)(O)OC(C)CC. The summed E-state index contributed by atoms with van der Waals surface area (Å²) >= 11 is 0. The van der Waals surface area contributed by atoms with Gasteiger partial charge in [0.2, 0.25) is 0 Å². The van der Waals surface area contributed by atoms with E-state index in [0.717, 1.165) is 0 Å². The smallest absolute Gasteiger partial charge is 0.337 e. The minimum Gasteiger partial charge on any atom is -0.337 e. The largest absolute Gasteiger partial charge is 0.413 e. The van der Waals surface area contributed by atoms with Crippen molar-refractivity contribution in [1.82, 2.24) is 0 Å². The van der Waals surface area contributed by atoms with E-state index < -0.39 is 15.4 Å². The molecule has 0 aliphatic rings. The first-order chi connectivity index (χ1) is 7.35. The molecule has 7 heteroatoms. The first kappa shape index (κ1) is 16.0. The number of rotatable bonds is 8. The van der Waals surface area contributed by atoms with Crippen LogP contribution in [0, 0.1) is 0 Å². The van der Waals surface area contributed by atoms with E-state index in [1.54, 1.807) is 13.8 Å². The van der Waals surface area contributed by atoms with Gasteiger partial charge in [-0.3, -0.25) is 9.09 Å². The Kier molecular flexibility index (Phi) is 7.29. The third-order valence-electron chi connectivity index (χ3n) is 1.92. The van der Waals surface area contributed by atoms with Crippen molar-refractivity contribution in [2.24, 2.45) is 0 Å². The zero-order valence-electron chi connectivity index (χ0n) is 9.88. The van der Waals surface area contributed by atoms with Crippen LogP contribution in [0.4, 0.5) is 0 Å². The lowest BCUT2D eigenvalue weighted by atomic mass is 10.3. The van der Waals surface area contributed by atoms with E-state index in [-0.39, 0.29) is 17.5 Å². The third kappa shape index (κ3) is 5.33. The lowest BCUT2D eigenvalue weighted by Gasteiger charge is -2.13. The summed E-state index contributed by atoms with van der Waals surface area (Å²) < 4.78 is 33.0. The number of ether oxygens (including phenoxy) is 1. The van der Waals surface area contributed by atoms with Crippen LogP contribution in [0.1, 0.15) is 27.2 Å². The molecule has 0 rings (SSSR count). The Labute approximate surface area is 97.2 Å². The molecule has 0 fully saturated rings. The fourth-order valence-electron chi connectivity index (χ4n) is 0.769. The Morgan fingerprint density at radius 2 is 2.12 bits per heavy atom. The highest BCUT2D eigenvalue weighted by Crippen LogP contribution is 2.60. The minimum atomic E-state index is -4.01. The van der Waals surface area contributed by atoms with Gasteiger partial charge >= 0.3 is 15.4 Å². The highest BCUT2D eigenvalue weighted by Gasteiger charge is 2.40. The zero-order valence-corrected chi connectivity index (χ0v) is 11.7. The lowest BCUT2D eigenvalue weighted by Crippen LogP contribution is -2.04. The highest BCUT2D eigenvalue weighted by molar-refractivity contribution is 7.74. The fraction of sp³-hybridized carbons (Fsp3) is 0.778. The van der Waals surface area contributed by atoms with Crippen LogP contribution in [0.15, 0.2) is 11.6 Å².